The number of hydrogen-bond acceptors (Lipinski definition) is 10. The van der Waals surface area contributed by atoms with Crippen molar-refractivity contribution in [2.45, 2.75) is 51.0 Å². The lowest BCUT2D eigenvalue weighted by atomic mass is 10.0. The molecule has 1 saturated heterocycles. The fraction of sp³-hybridized carbons (Fsp3) is 0.435. The summed E-state index contributed by atoms with van der Waals surface area (Å²) >= 11 is 0. The van der Waals surface area contributed by atoms with Gasteiger partial charge in [-0.2, -0.15) is 0 Å². The number of aliphatic hydroxyl groups is 1. The van der Waals surface area contributed by atoms with Crippen LogP contribution in [0, 0.1) is 5.92 Å². The fourth-order valence-electron chi connectivity index (χ4n) is 3.91. The zero-order chi connectivity index (χ0) is 24.6. The molecule has 11 heteroatoms. The quantitative estimate of drug-likeness (QED) is 0.442. The first kappa shape index (κ1) is 23.7. The van der Waals surface area contributed by atoms with Gasteiger partial charge in [0, 0.05) is 0 Å². The molecule has 4 rings (SSSR count). The number of benzene rings is 1. The number of fused-ring (bicyclic) bond motifs is 1. The van der Waals surface area contributed by atoms with E-state index in [0.29, 0.717) is 22.8 Å². The molecule has 1 fully saturated rings. The van der Waals surface area contributed by atoms with E-state index in [1.807, 2.05) is 6.92 Å². The number of rotatable bonds is 6. The lowest BCUT2D eigenvalue weighted by molar-refractivity contribution is -0.159. The number of nitrogens with two attached hydrogens (primary N) is 2. The Morgan fingerprint density at radius 2 is 1.97 bits per heavy atom. The third kappa shape index (κ3) is 4.37. The third-order valence-corrected chi connectivity index (χ3v) is 5.73. The molecule has 0 bridgehead atoms. The highest BCUT2D eigenvalue weighted by Crippen LogP contribution is 2.40. The normalized spacial score (nSPS) is 28.1. The van der Waals surface area contributed by atoms with Crippen molar-refractivity contribution in [2.24, 2.45) is 22.4 Å². The second-order valence-corrected chi connectivity index (χ2v) is 8.73. The second kappa shape index (κ2) is 9.09. The Morgan fingerprint density at radius 1 is 1.26 bits per heavy atom. The number of aromatic nitrogens is 1. The van der Waals surface area contributed by atoms with Crippen LogP contribution in [-0.2, 0) is 19.0 Å². The van der Waals surface area contributed by atoms with Crippen LogP contribution in [0.4, 0.5) is 0 Å². The highest BCUT2D eigenvalue weighted by molar-refractivity contribution is 5.97. The van der Waals surface area contributed by atoms with Gasteiger partial charge in [0.2, 0.25) is 0 Å². The predicted molar refractivity (Wildman–Crippen MR) is 122 cm³/mol. The number of carbonyl (C=O) groups excluding carboxylic acids is 2. The molecule has 0 radical (unpaired) electrons. The molecule has 0 saturated carbocycles. The molecular weight excluding hydrogens is 442 g/mol. The summed E-state index contributed by atoms with van der Waals surface area (Å²) in [6.07, 6.45) is -3.94. The van der Waals surface area contributed by atoms with Crippen molar-refractivity contribution in [3.05, 3.63) is 59.4 Å². The van der Waals surface area contributed by atoms with E-state index >= 15 is 0 Å². The number of ether oxygens (including phenoxy) is 3. The lowest BCUT2D eigenvalue weighted by Gasteiger charge is -2.27. The highest BCUT2D eigenvalue weighted by Gasteiger charge is 2.57. The average molecular weight is 472 g/mol. The fourth-order valence-corrected chi connectivity index (χ4v) is 3.91. The van der Waals surface area contributed by atoms with E-state index < -0.39 is 48.5 Å². The third-order valence-electron chi connectivity index (χ3n) is 5.73. The molecule has 182 valence electrons. The Kier molecular flexibility index (Phi) is 6.34. The van der Waals surface area contributed by atoms with E-state index in [9.17, 15) is 14.7 Å². The summed E-state index contributed by atoms with van der Waals surface area (Å²) in [5.41, 5.74) is 15.2. The van der Waals surface area contributed by atoms with E-state index in [-0.39, 0.29) is 6.17 Å². The molecule has 2 aliphatic heterocycles. The Balaban J connectivity index is 1.62. The van der Waals surface area contributed by atoms with Crippen molar-refractivity contribution in [3.8, 4) is 0 Å². The van der Waals surface area contributed by atoms with E-state index in [0.717, 1.165) is 0 Å². The van der Waals surface area contributed by atoms with Crippen molar-refractivity contribution in [1.29, 1.82) is 0 Å². The van der Waals surface area contributed by atoms with Crippen LogP contribution >= 0.6 is 0 Å². The minimum Gasteiger partial charge on any atom is -0.457 e. The van der Waals surface area contributed by atoms with Gasteiger partial charge in [0.25, 0.3) is 0 Å². The lowest BCUT2D eigenvalue weighted by Crippen LogP contribution is -2.55. The Bertz CT molecular complexity index is 1100. The first-order chi connectivity index (χ1) is 16.1. The number of carbonyl (C=O) groups is 2. The van der Waals surface area contributed by atoms with Gasteiger partial charge < -0.3 is 30.5 Å². The molecule has 0 spiro atoms. The molecule has 1 aromatic heterocycles. The summed E-state index contributed by atoms with van der Waals surface area (Å²) in [6, 6.07) is 11.8. The Labute approximate surface area is 196 Å². The van der Waals surface area contributed by atoms with E-state index in [1.165, 1.54) is 0 Å². The van der Waals surface area contributed by atoms with Crippen LogP contribution in [0.5, 0.6) is 0 Å². The van der Waals surface area contributed by atoms with Crippen LogP contribution in [0.3, 0.4) is 0 Å². The predicted octanol–water partition coefficient (Wildman–Crippen LogP) is 0.609. The molecule has 6 N–H and O–H groups in total. The minimum atomic E-state index is -1.83. The highest BCUT2D eigenvalue weighted by atomic mass is 16.6. The van der Waals surface area contributed by atoms with Gasteiger partial charge in [-0.3, -0.25) is 15.2 Å². The standard InChI is InChI=1S/C23H29N5O6/c1-12(2)21(30)33-18-17(15-9-10-16-20(24)26-13(3)27-28(15)16)34-23(25,19(18)29)11-32-22(31)14-7-5-4-6-8-14/h4-10,12-13,17-19,27,29H,11,25H2,1-3H3,(H2,24,26)/t13?,17-,18-,19-,23+/m0/s1. The molecule has 34 heavy (non-hydrogen) atoms. The summed E-state index contributed by atoms with van der Waals surface area (Å²) in [6.45, 7) is 4.71. The largest absolute Gasteiger partial charge is 0.457 e. The van der Waals surface area contributed by atoms with Crippen LogP contribution in [0.15, 0.2) is 47.5 Å². The van der Waals surface area contributed by atoms with Crippen molar-refractivity contribution in [1.82, 2.24) is 4.68 Å². The monoisotopic (exact) mass is 471 g/mol. The molecule has 1 unspecified atom stereocenters. The average Bonchev–Trinajstić information content (AvgIpc) is 3.33. The van der Waals surface area contributed by atoms with Gasteiger partial charge in [0.05, 0.1) is 17.2 Å². The van der Waals surface area contributed by atoms with Crippen LogP contribution in [0.1, 0.15) is 48.6 Å². The summed E-state index contributed by atoms with van der Waals surface area (Å²) in [5.74, 6) is -1.28. The van der Waals surface area contributed by atoms with Crippen molar-refractivity contribution in [3.63, 3.8) is 0 Å². The van der Waals surface area contributed by atoms with Crippen molar-refractivity contribution >= 4 is 17.8 Å². The molecule has 2 aliphatic rings. The zero-order valence-electron chi connectivity index (χ0n) is 19.2. The number of hydrogen-bond donors (Lipinski definition) is 4. The van der Waals surface area contributed by atoms with Gasteiger partial charge in [-0.05, 0) is 31.2 Å². The van der Waals surface area contributed by atoms with Crippen LogP contribution in [-0.4, -0.2) is 58.3 Å². The Hall–Kier alpha value is -3.41. The van der Waals surface area contributed by atoms with Gasteiger partial charge in [-0.25, -0.2) is 9.79 Å². The first-order valence-corrected chi connectivity index (χ1v) is 11.0. The number of amidine groups is 1. The summed E-state index contributed by atoms with van der Waals surface area (Å²) in [5, 5.41) is 11.1. The maximum Gasteiger partial charge on any atom is 0.338 e. The minimum absolute atomic E-state index is 0.322. The molecule has 1 aromatic carbocycles. The number of aliphatic hydroxyl groups excluding tert-OH is 1. The van der Waals surface area contributed by atoms with Crippen LogP contribution in [0.2, 0.25) is 0 Å². The molecule has 11 nitrogen and oxygen atoms in total. The molecule has 5 atom stereocenters. The van der Waals surface area contributed by atoms with Crippen molar-refractivity contribution in [2.75, 3.05) is 12.0 Å². The van der Waals surface area contributed by atoms with E-state index in [1.54, 1.807) is 61.0 Å². The topological polar surface area (TPSA) is 163 Å². The molecule has 0 amide bonds. The molecule has 2 aromatic rings. The maximum atomic E-state index is 12.4. The maximum absolute atomic E-state index is 12.4. The van der Waals surface area contributed by atoms with Gasteiger partial charge in [-0.15, -0.1) is 0 Å². The van der Waals surface area contributed by atoms with Crippen LogP contribution < -0.4 is 16.9 Å². The summed E-state index contributed by atoms with van der Waals surface area (Å²) in [7, 11) is 0. The Morgan fingerprint density at radius 3 is 2.65 bits per heavy atom. The van der Waals surface area contributed by atoms with Crippen molar-refractivity contribution < 1.29 is 28.9 Å². The number of nitrogens with zero attached hydrogens (tertiary/aromatic N) is 2. The first-order valence-electron chi connectivity index (χ1n) is 11.0. The second-order valence-electron chi connectivity index (χ2n) is 8.73. The summed E-state index contributed by atoms with van der Waals surface area (Å²) in [4.78, 5) is 29.1. The molecule has 3 heterocycles. The van der Waals surface area contributed by atoms with Crippen LogP contribution in [0.25, 0.3) is 0 Å². The zero-order valence-corrected chi connectivity index (χ0v) is 19.2. The number of aliphatic imine (C=N–C) groups is 1. The molecule has 0 aliphatic carbocycles. The van der Waals surface area contributed by atoms with E-state index in [2.05, 4.69) is 10.4 Å². The van der Waals surface area contributed by atoms with Gasteiger partial charge in [0.15, 0.2) is 11.8 Å². The van der Waals surface area contributed by atoms with E-state index in [4.69, 9.17) is 25.7 Å². The van der Waals surface area contributed by atoms with Gasteiger partial charge in [0.1, 0.15) is 36.5 Å². The summed E-state index contributed by atoms with van der Waals surface area (Å²) < 4.78 is 18.7. The van der Waals surface area contributed by atoms with Gasteiger partial charge in [-0.1, -0.05) is 32.0 Å². The molecular formula is C23H29N5O6. The smallest absolute Gasteiger partial charge is 0.338 e. The number of nitrogens with one attached hydrogen (secondary N) is 1. The number of esters is 2. The SMILES string of the molecule is CC1N=C(N)c2ccc([C@@H]3O[C@](N)(COC(=O)c4ccccc4)[C@@H](O)[C@H]3OC(=O)C(C)C)n2N1. The van der Waals surface area contributed by atoms with Gasteiger partial charge >= 0.3 is 11.9 Å².